The summed E-state index contributed by atoms with van der Waals surface area (Å²) >= 11 is 0. The maximum Gasteiger partial charge on any atom is 0.307 e. The van der Waals surface area contributed by atoms with Crippen molar-refractivity contribution in [2.24, 2.45) is 7.05 Å². The molecule has 1 amide bonds. The summed E-state index contributed by atoms with van der Waals surface area (Å²) in [4.78, 5) is 13.2. The van der Waals surface area contributed by atoms with Gasteiger partial charge in [-0.05, 0) is 12.1 Å². The number of hydrogen-bond donors (Lipinski definition) is 0. The summed E-state index contributed by atoms with van der Waals surface area (Å²) in [7, 11) is -2.94. The number of aromatic nitrogens is 3. The molecule has 1 aliphatic heterocycles. The molecule has 0 bridgehead atoms. The zero-order valence-corrected chi connectivity index (χ0v) is 12.5. The second-order valence-electron chi connectivity index (χ2n) is 5.12. The molecule has 1 aromatic carbocycles. The Hall–Kier alpha value is -2.29. The van der Waals surface area contributed by atoms with E-state index >= 15 is 0 Å². The Bertz CT molecular complexity index is 833. The first-order valence-electron chi connectivity index (χ1n) is 6.54. The van der Waals surface area contributed by atoms with Crippen LogP contribution >= 0.6 is 0 Å². The van der Waals surface area contributed by atoms with Crippen LogP contribution in [0.4, 0.5) is 9.57 Å². The van der Waals surface area contributed by atoms with Crippen molar-refractivity contribution in [1.29, 1.82) is 0 Å². The number of benzene rings is 1. The summed E-state index contributed by atoms with van der Waals surface area (Å²) in [5.41, 5.74) is 1.24. The van der Waals surface area contributed by atoms with Crippen LogP contribution in [0.1, 0.15) is 6.42 Å². The van der Waals surface area contributed by atoms with Gasteiger partial charge in [0.15, 0.2) is 5.82 Å². The largest absolute Gasteiger partial charge is 0.317 e. The van der Waals surface area contributed by atoms with E-state index in [1.54, 1.807) is 42.2 Å². The van der Waals surface area contributed by atoms with E-state index in [1.807, 2.05) is 0 Å². The van der Waals surface area contributed by atoms with Crippen LogP contribution in [0.2, 0.25) is 0 Å². The van der Waals surface area contributed by atoms with Gasteiger partial charge in [-0.1, -0.05) is 12.1 Å². The molecule has 1 aliphatic rings. The molecule has 0 aliphatic carbocycles. The normalized spacial score (nSPS) is 18.9. The molecule has 2 aromatic rings. The van der Waals surface area contributed by atoms with Crippen LogP contribution in [0.15, 0.2) is 30.6 Å². The zero-order chi connectivity index (χ0) is 15.9. The Morgan fingerprint density at radius 1 is 1.36 bits per heavy atom. The number of nitrogens with zero attached hydrogens (tertiary/aromatic N) is 4. The molecule has 1 atom stereocenters. The molecular weight excluding hydrogens is 311 g/mol. The first-order valence-corrected chi connectivity index (χ1v) is 7.99. The molecule has 1 fully saturated rings. The lowest BCUT2D eigenvalue weighted by Gasteiger charge is -2.16. The topological polar surface area (TPSA) is 85.2 Å². The summed E-state index contributed by atoms with van der Waals surface area (Å²) < 4.78 is 36.8. The van der Waals surface area contributed by atoms with Crippen LogP contribution in [0.5, 0.6) is 0 Å². The maximum atomic E-state index is 13.1. The van der Waals surface area contributed by atoms with Crippen molar-refractivity contribution in [2.75, 3.05) is 11.4 Å². The average molecular weight is 324 g/mol. The van der Waals surface area contributed by atoms with Crippen molar-refractivity contribution in [3.63, 3.8) is 0 Å². The quantitative estimate of drug-likeness (QED) is 0.783. The summed E-state index contributed by atoms with van der Waals surface area (Å²) in [6, 6.07) is 6.90. The van der Waals surface area contributed by atoms with E-state index in [-0.39, 0.29) is 13.0 Å². The fourth-order valence-corrected chi connectivity index (χ4v) is 3.14. The molecule has 116 valence electrons. The van der Waals surface area contributed by atoms with Crippen LogP contribution in [0.3, 0.4) is 0 Å². The number of aryl methyl sites for hydroxylation is 1. The van der Waals surface area contributed by atoms with E-state index in [9.17, 15) is 17.1 Å². The lowest BCUT2D eigenvalue weighted by atomic mass is 10.2. The van der Waals surface area contributed by atoms with Crippen LogP contribution in [-0.2, 0) is 22.1 Å². The Labute approximate surface area is 126 Å². The third-order valence-corrected chi connectivity index (χ3v) is 4.73. The highest BCUT2D eigenvalue weighted by molar-refractivity contribution is 7.87. The van der Waals surface area contributed by atoms with Gasteiger partial charge in [-0.2, -0.15) is 8.42 Å². The van der Waals surface area contributed by atoms with E-state index in [2.05, 4.69) is 10.2 Å². The van der Waals surface area contributed by atoms with E-state index < -0.39 is 21.4 Å². The standard InChI is InChI=1S/C13H13FN4O3S/c1-17-8-15-16-13(17)9-3-2-4-10(5-9)18-7-11(6-12(18)19)22(14,20)21/h2-5,8,11H,6-7H2,1H3. The van der Waals surface area contributed by atoms with Crippen molar-refractivity contribution in [3.05, 3.63) is 30.6 Å². The maximum absolute atomic E-state index is 13.1. The van der Waals surface area contributed by atoms with Crippen molar-refractivity contribution in [3.8, 4) is 11.4 Å². The lowest BCUT2D eigenvalue weighted by molar-refractivity contribution is -0.117. The first-order chi connectivity index (χ1) is 10.4. The molecule has 22 heavy (non-hydrogen) atoms. The number of carbonyl (C=O) groups is 1. The van der Waals surface area contributed by atoms with Gasteiger partial charge >= 0.3 is 10.2 Å². The third-order valence-electron chi connectivity index (χ3n) is 3.62. The predicted molar refractivity (Wildman–Crippen MR) is 77.2 cm³/mol. The minimum Gasteiger partial charge on any atom is -0.317 e. The predicted octanol–water partition coefficient (Wildman–Crippen LogP) is 0.887. The zero-order valence-electron chi connectivity index (χ0n) is 11.7. The van der Waals surface area contributed by atoms with Crippen LogP contribution in [-0.4, -0.2) is 40.9 Å². The highest BCUT2D eigenvalue weighted by Crippen LogP contribution is 2.28. The van der Waals surface area contributed by atoms with Crippen molar-refractivity contribution in [2.45, 2.75) is 11.7 Å². The van der Waals surface area contributed by atoms with E-state index in [0.29, 0.717) is 11.5 Å². The minimum absolute atomic E-state index is 0.181. The van der Waals surface area contributed by atoms with Crippen LogP contribution in [0.25, 0.3) is 11.4 Å². The fourth-order valence-electron chi connectivity index (χ4n) is 2.47. The minimum atomic E-state index is -4.73. The number of hydrogen-bond acceptors (Lipinski definition) is 5. The molecule has 0 N–H and O–H groups in total. The van der Waals surface area contributed by atoms with Gasteiger partial charge in [-0.3, -0.25) is 4.79 Å². The molecule has 1 aromatic heterocycles. The third kappa shape index (κ3) is 2.59. The second kappa shape index (κ2) is 5.16. The SMILES string of the molecule is Cn1cnnc1-c1cccc(N2CC(S(=O)(=O)F)CC2=O)c1. The molecule has 1 unspecified atom stereocenters. The summed E-state index contributed by atoms with van der Waals surface area (Å²) in [6.45, 7) is -0.181. The number of anilines is 1. The van der Waals surface area contributed by atoms with Gasteiger partial charge in [-0.25, -0.2) is 0 Å². The highest BCUT2D eigenvalue weighted by atomic mass is 32.3. The van der Waals surface area contributed by atoms with E-state index in [1.165, 1.54) is 4.90 Å². The van der Waals surface area contributed by atoms with Gasteiger partial charge in [0, 0.05) is 31.3 Å². The van der Waals surface area contributed by atoms with E-state index in [0.717, 1.165) is 5.56 Å². The smallest absolute Gasteiger partial charge is 0.307 e. The van der Waals surface area contributed by atoms with Gasteiger partial charge in [0.05, 0.1) is 0 Å². The Kier molecular flexibility index (Phi) is 3.44. The number of amides is 1. The van der Waals surface area contributed by atoms with Gasteiger partial charge in [0.2, 0.25) is 5.91 Å². The molecule has 0 spiro atoms. The Morgan fingerprint density at radius 2 is 2.14 bits per heavy atom. The van der Waals surface area contributed by atoms with Gasteiger partial charge in [0.25, 0.3) is 0 Å². The number of carbonyl (C=O) groups excluding carboxylic acids is 1. The Balaban J connectivity index is 1.94. The van der Waals surface area contributed by atoms with Crippen molar-refractivity contribution >= 4 is 21.8 Å². The molecule has 1 saturated heterocycles. The van der Waals surface area contributed by atoms with Gasteiger partial charge in [-0.15, -0.1) is 14.1 Å². The van der Waals surface area contributed by atoms with Gasteiger partial charge in [0.1, 0.15) is 11.6 Å². The summed E-state index contributed by atoms with van der Waals surface area (Å²) in [5.74, 6) is 0.199. The van der Waals surface area contributed by atoms with E-state index in [4.69, 9.17) is 0 Å². The monoisotopic (exact) mass is 324 g/mol. The fraction of sp³-hybridized carbons (Fsp3) is 0.308. The average Bonchev–Trinajstić information content (AvgIpc) is 3.04. The first kappa shape index (κ1) is 14.6. The molecule has 3 rings (SSSR count). The van der Waals surface area contributed by atoms with Crippen LogP contribution < -0.4 is 4.90 Å². The lowest BCUT2D eigenvalue weighted by Crippen LogP contribution is -2.26. The van der Waals surface area contributed by atoms with Crippen molar-refractivity contribution < 1.29 is 17.1 Å². The number of halogens is 1. The van der Waals surface area contributed by atoms with Crippen LogP contribution in [0, 0.1) is 0 Å². The second-order valence-corrected chi connectivity index (χ2v) is 6.74. The molecule has 9 heteroatoms. The molecule has 0 radical (unpaired) electrons. The molecule has 2 heterocycles. The highest BCUT2D eigenvalue weighted by Gasteiger charge is 2.39. The van der Waals surface area contributed by atoms with Crippen molar-refractivity contribution in [1.82, 2.24) is 14.8 Å². The van der Waals surface area contributed by atoms with Gasteiger partial charge < -0.3 is 9.47 Å². The summed E-state index contributed by atoms with van der Waals surface area (Å²) in [5, 5.41) is 6.46. The summed E-state index contributed by atoms with van der Waals surface area (Å²) in [6.07, 6.45) is 1.21. The molecule has 0 saturated carbocycles. The number of rotatable bonds is 3. The molecule has 7 nitrogen and oxygen atoms in total. The Morgan fingerprint density at radius 3 is 2.73 bits per heavy atom. The molecular formula is C13H13FN4O3S.